The first-order valence-corrected chi connectivity index (χ1v) is 8.29. The maximum absolute atomic E-state index is 12.7. The van der Waals surface area contributed by atoms with Crippen LogP contribution in [-0.4, -0.2) is 85.2 Å². The molecule has 0 aliphatic carbocycles. The second-order valence-corrected chi connectivity index (χ2v) is 6.42. The molecule has 24 heavy (non-hydrogen) atoms. The van der Waals surface area contributed by atoms with E-state index in [2.05, 4.69) is 0 Å². The Labute approximate surface area is 140 Å². The number of likely N-dealkylation sites (tertiary alicyclic amines) is 1. The molecular formula is C17H21N3O4. The van der Waals surface area contributed by atoms with E-state index in [4.69, 9.17) is 9.47 Å². The molecule has 1 aromatic carbocycles. The van der Waals surface area contributed by atoms with Crippen molar-refractivity contribution in [3.8, 4) is 5.75 Å². The number of morpholine rings is 1. The van der Waals surface area contributed by atoms with Crippen LogP contribution in [0.3, 0.4) is 0 Å². The van der Waals surface area contributed by atoms with Crippen molar-refractivity contribution in [2.75, 3.05) is 46.4 Å². The second kappa shape index (κ2) is 5.98. The van der Waals surface area contributed by atoms with Gasteiger partial charge in [0.2, 0.25) is 0 Å². The van der Waals surface area contributed by atoms with Crippen LogP contribution in [-0.2, 0) is 4.74 Å². The molecule has 2 fully saturated rings. The molecule has 7 heteroatoms. The lowest BCUT2D eigenvalue weighted by atomic mass is 10.1. The van der Waals surface area contributed by atoms with Crippen LogP contribution >= 0.6 is 0 Å². The summed E-state index contributed by atoms with van der Waals surface area (Å²) < 4.78 is 11.4. The minimum absolute atomic E-state index is 0.00380. The normalized spacial score (nSPS) is 26.5. The third-order valence-corrected chi connectivity index (χ3v) is 5.00. The van der Waals surface area contributed by atoms with E-state index in [0.29, 0.717) is 50.7 Å². The SMILES string of the molecule is CN1C(=O)c2ccccc2O[C@H]2CN(C(=O)N3CCOCC3)C[C@H]21. The molecule has 0 bridgehead atoms. The molecule has 128 valence electrons. The highest BCUT2D eigenvalue weighted by Crippen LogP contribution is 2.30. The number of likely N-dealkylation sites (N-methyl/N-ethyl adjacent to an activating group) is 1. The maximum atomic E-state index is 12.7. The minimum Gasteiger partial charge on any atom is -0.486 e. The van der Waals surface area contributed by atoms with Crippen LogP contribution in [0.5, 0.6) is 5.75 Å². The van der Waals surface area contributed by atoms with Gasteiger partial charge in [0.15, 0.2) is 0 Å². The third kappa shape index (κ3) is 2.49. The van der Waals surface area contributed by atoms with Crippen LogP contribution in [0, 0.1) is 0 Å². The van der Waals surface area contributed by atoms with Crippen molar-refractivity contribution in [3.05, 3.63) is 29.8 Å². The summed E-state index contributed by atoms with van der Waals surface area (Å²) >= 11 is 0. The zero-order valence-electron chi connectivity index (χ0n) is 13.7. The van der Waals surface area contributed by atoms with E-state index in [9.17, 15) is 9.59 Å². The molecule has 3 amide bonds. The lowest BCUT2D eigenvalue weighted by molar-refractivity contribution is 0.0441. The molecule has 3 aliphatic rings. The molecule has 0 radical (unpaired) electrons. The molecular weight excluding hydrogens is 310 g/mol. The summed E-state index contributed by atoms with van der Waals surface area (Å²) in [5.74, 6) is 0.543. The van der Waals surface area contributed by atoms with Crippen LogP contribution in [0.25, 0.3) is 0 Å². The van der Waals surface area contributed by atoms with Crippen LogP contribution < -0.4 is 4.74 Å². The van der Waals surface area contributed by atoms with Crippen molar-refractivity contribution < 1.29 is 19.1 Å². The van der Waals surface area contributed by atoms with Crippen molar-refractivity contribution in [2.45, 2.75) is 12.1 Å². The highest BCUT2D eigenvalue weighted by molar-refractivity contribution is 5.97. The van der Waals surface area contributed by atoms with Gasteiger partial charge in [-0.2, -0.15) is 0 Å². The van der Waals surface area contributed by atoms with Crippen molar-refractivity contribution >= 4 is 11.9 Å². The maximum Gasteiger partial charge on any atom is 0.320 e. The van der Waals surface area contributed by atoms with E-state index in [-0.39, 0.29) is 24.1 Å². The topological polar surface area (TPSA) is 62.3 Å². The smallest absolute Gasteiger partial charge is 0.320 e. The quantitative estimate of drug-likeness (QED) is 0.700. The molecule has 2 atom stereocenters. The number of amides is 3. The number of urea groups is 1. The Hall–Kier alpha value is -2.28. The highest BCUT2D eigenvalue weighted by Gasteiger charge is 2.44. The molecule has 0 aromatic heterocycles. The number of hydrogen-bond donors (Lipinski definition) is 0. The summed E-state index contributed by atoms with van der Waals surface area (Å²) in [6.45, 7) is 3.37. The summed E-state index contributed by atoms with van der Waals surface area (Å²) in [6.07, 6.45) is -0.201. The lowest BCUT2D eigenvalue weighted by Crippen LogP contribution is -2.48. The fraction of sp³-hybridized carbons (Fsp3) is 0.529. The number of ether oxygens (including phenoxy) is 2. The van der Waals surface area contributed by atoms with E-state index < -0.39 is 0 Å². The van der Waals surface area contributed by atoms with Crippen molar-refractivity contribution in [2.24, 2.45) is 0 Å². The monoisotopic (exact) mass is 331 g/mol. The standard InChI is InChI=1S/C17H21N3O4/c1-18-13-10-20(17(22)19-6-8-23-9-7-19)11-15(13)24-14-5-3-2-4-12(14)16(18)21/h2-5,13,15H,6-11H2,1H3/t13-,15+/m1/s1. The molecule has 0 unspecified atom stereocenters. The molecule has 3 heterocycles. The summed E-state index contributed by atoms with van der Waals surface area (Å²) in [6, 6.07) is 7.17. The number of benzene rings is 1. The third-order valence-electron chi connectivity index (χ3n) is 5.00. The van der Waals surface area contributed by atoms with Crippen LogP contribution in [0.15, 0.2) is 24.3 Å². The lowest BCUT2D eigenvalue weighted by Gasteiger charge is -2.31. The summed E-state index contributed by atoms with van der Waals surface area (Å²) in [5.41, 5.74) is 0.584. The molecule has 0 N–H and O–H groups in total. The number of nitrogens with zero attached hydrogens (tertiary/aromatic N) is 3. The van der Waals surface area contributed by atoms with Gasteiger partial charge in [-0.3, -0.25) is 4.79 Å². The van der Waals surface area contributed by atoms with Gasteiger partial charge in [0, 0.05) is 26.7 Å². The molecule has 0 spiro atoms. The van der Waals surface area contributed by atoms with Gasteiger partial charge in [0.25, 0.3) is 5.91 Å². The van der Waals surface area contributed by atoms with Gasteiger partial charge >= 0.3 is 6.03 Å². The molecule has 1 aromatic rings. The minimum atomic E-state index is -0.201. The first-order valence-electron chi connectivity index (χ1n) is 8.29. The number of carbonyl (C=O) groups is 2. The van der Waals surface area contributed by atoms with E-state index in [1.54, 1.807) is 22.9 Å². The zero-order chi connectivity index (χ0) is 16.7. The van der Waals surface area contributed by atoms with Crippen molar-refractivity contribution in [1.82, 2.24) is 14.7 Å². The average molecular weight is 331 g/mol. The van der Waals surface area contributed by atoms with Gasteiger partial charge in [0.1, 0.15) is 11.9 Å². The molecule has 7 nitrogen and oxygen atoms in total. The Balaban J connectivity index is 1.54. The van der Waals surface area contributed by atoms with Crippen molar-refractivity contribution in [3.63, 3.8) is 0 Å². The Morgan fingerprint density at radius 3 is 2.67 bits per heavy atom. The van der Waals surface area contributed by atoms with Gasteiger partial charge in [-0.15, -0.1) is 0 Å². The number of fused-ring (bicyclic) bond motifs is 2. The summed E-state index contributed by atoms with van der Waals surface area (Å²) in [5, 5.41) is 0. The van der Waals surface area contributed by atoms with Gasteiger partial charge < -0.3 is 24.2 Å². The van der Waals surface area contributed by atoms with Crippen LogP contribution in [0.2, 0.25) is 0 Å². The van der Waals surface area contributed by atoms with Crippen molar-refractivity contribution in [1.29, 1.82) is 0 Å². The number of carbonyl (C=O) groups excluding carboxylic acids is 2. The molecule has 0 saturated carbocycles. The van der Waals surface area contributed by atoms with Crippen LogP contribution in [0.1, 0.15) is 10.4 Å². The van der Waals surface area contributed by atoms with Gasteiger partial charge in [-0.1, -0.05) is 12.1 Å². The summed E-state index contributed by atoms with van der Waals surface area (Å²) in [7, 11) is 1.79. The molecule has 3 aliphatic heterocycles. The Bertz CT molecular complexity index is 659. The number of hydrogen-bond acceptors (Lipinski definition) is 4. The fourth-order valence-corrected chi connectivity index (χ4v) is 3.61. The first kappa shape index (κ1) is 15.3. The van der Waals surface area contributed by atoms with E-state index in [1.165, 1.54) is 0 Å². The Kier molecular flexibility index (Phi) is 3.80. The van der Waals surface area contributed by atoms with Crippen LogP contribution in [0.4, 0.5) is 4.79 Å². The molecule has 2 saturated heterocycles. The predicted molar refractivity (Wildman–Crippen MR) is 86.1 cm³/mol. The fourth-order valence-electron chi connectivity index (χ4n) is 3.61. The van der Waals surface area contributed by atoms with Gasteiger partial charge in [-0.25, -0.2) is 4.79 Å². The first-order chi connectivity index (χ1) is 11.6. The average Bonchev–Trinajstić information content (AvgIpc) is 3.01. The van der Waals surface area contributed by atoms with Gasteiger partial charge in [0.05, 0.1) is 31.4 Å². The predicted octanol–water partition coefficient (Wildman–Crippen LogP) is 0.656. The number of para-hydroxylation sites is 1. The van der Waals surface area contributed by atoms with E-state index in [0.717, 1.165) is 0 Å². The highest BCUT2D eigenvalue weighted by atomic mass is 16.5. The Morgan fingerprint density at radius 1 is 1.12 bits per heavy atom. The summed E-state index contributed by atoms with van der Waals surface area (Å²) in [4.78, 5) is 30.7. The largest absolute Gasteiger partial charge is 0.486 e. The zero-order valence-corrected chi connectivity index (χ0v) is 13.7. The molecule has 4 rings (SSSR count). The number of rotatable bonds is 0. The van der Waals surface area contributed by atoms with E-state index >= 15 is 0 Å². The second-order valence-electron chi connectivity index (χ2n) is 6.42. The van der Waals surface area contributed by atoms with Gasteiger partial charge in [-0.05, 0) is 12.1 Å². The Morgan fingerprint density at radius 2 is 1.88 bits per heavy atom. The van der Waals surface area contributed by atoms with E-state index in [1.807, 2.05) is 23.1 Å².